The zero-order chi connectivity index (χ0) is 10.1. The molecule has 1 amide bonds. The summed E-state index contributed by atoms with van der Waals surface area (Å²) in [6.07, 6.45) is 0.504. The second-order valence-electron chi connectivity index (χ2n) is 2.83. The number of rotatable bonds is 1. The number of halogens is 1. The van der Waals surface area contributed by atoms with E-state index in [-0.39, 0.29) is 29.5 Å². The van der Waals surface area contributed by atoms with Crippen molar-refractivity contribution < 1.29 is 18.7 Å². The van der Waals surface area contributed by atoms with Crippen molar-refractivity contribution in [3.05, 3.63) is 23.5 Å². The molecule has 2 rings (SSSR count). The molecular weight excluding hydrogens is 189 g/mol. The van der Waals surface area contributed by atoms with Crippen molar-refractivity contribution in [1.82, 2.24) is 0 Å². The first-order valence-corrected chi connectivity index (χ1v) is 3.92. The zero-order valence-electron chi connectivity index (χ0n) is 7.04. The monoisotopic (exact) mass is 195 g/mol. The second kappa shape index (κ2) is 3.10. The lowest BCUT2D eigenvalue weighted by Gasteiger charge is -2.18. The predicted molar refractivity (Wildman–Crippen MR) is 45.9 cm³/mol. The van der Waals surface area contributed by atoms with Crippen molar-refractivity contribution in [1.29, 1.82) is 0 Å². The lowest BCUT2D eigenvalue weighted by Crippen LogP contribution is -2.26. The van der Waals surface area contributed by atoms with Gasteiger partial charge in [-0.15, -0.1) is 0 Å². The van der Waals surface area contributed by atoms with Crippen molar-refractivity contribution in [2.24, 2.45) is 0 Å². The van der Waals surface area contributed by atoms with Crippen LogP contribution in [0.1, 0.15) is 10.4 Å². The quantitative estimate of drug-likeness (QED) is 0.679. The molecule has 1 aromatic rings. The van der Waals surface area contributed by atoms with Gasteiger partial charge in [0, 0.05) is 5.56 Å². The van der Waals surface area contributed by atoms with Crippen LogP contribution in [0.4, 0.5) is 10.1 Å². The minimum Gasteiger partial charge on any atom is -0.478 e. The van der Waals surface area contributed by atoms with Crippen molar-refractivity contribution in [2.45, 2.75) is 0 Å². The van der Waals surface area contributed by atoms with Gasteiger partial charge in [-0.3, -0.25) is 9.59 Å². The van der Waals surface area contributed by atoms with E-state index in [9.17, 15) is 14.0 Å². The third-order valence-electron chi connectivity index (χ3n) is 1.82. The number of hydrogen-bond acceptors (Lipinski definition) is 3. The maximum atomic E-state index is 13.2. The minimum absolute atomic E-state index is 0.0183. The normalized spacial score (nSPS) is 13.9. The molecule has 1 aliphatic rings. The first kappa shape index (κ1) is 8.68. The summed E-state index contributed by atoms with van der Waals surface area (Å²) < 4.78 is 18.1. The SMILES string of the molecule is O=Cc1cc(F)c2c(c1)NC(=O)CO2. The summed E-state index contributed by atoms with van der Waals surface area (Å²) in [5, 5.41) is 2.41. The number of benzene rings is 1. The molecule has 0 aliphatic carbocycles. The molecular formula is C9H6FNO3. The summed E-state index contributed by atoms with van der Waals surface area (Å²) in [5.41, 5.74) is 0.357. The van der Waals surface area contributed by atoms with Crippen LogP contribution in [0.3, 0.4) is 0 Å². The lowest BCUT2D eigenvalue weighted by atomic mass is 10.2. The van der Waals surface area contributed by atoms with Crippen molar-refractivity contribution >= 4 is 17.9 Å². The van der Waals surface area contributed by atoms with Gasteiger partial charge in [0.05, 0.1) is 5.69 Å². The number of aldehydes is 1. The van der Waals surface area contributed by atoms with Gasteiger partial charge in [-0.1, -0.05) is 0 Å². The lowest BCUT2D eigenvalue weighted by molar-refractivity contribution is -0.118. The van der Waals surface area contributed by atoms with Gasteiger partial charge >= 0.3 is 0 Å². The van der Waals surface area contributed by atoms with Gasteiger partial charge in [0.15, 0.2) is 18.2 Å². The van der Waals surface area contributed by atoms with Gasteiger partial charge in [0.1, 0.15) is 6.29 Å². The van der Waals surface area contributed by atoms with Crippen LogP contribution in [0.2, 0.25) is 0 Å². The highest BCUT2D eigenvalue weighted by Crippen LogP contribution is 2.31. The van der Waals surface area contributed by atoms with Crippen LogP contribution in [0, 0.1) is 5.82 Å². The van der Waals surface area contributed by atoms with Gasteiger partial charge in [-0.25, -0.2) is 4.39 Å². The van der Waals surface area contributed by atoms with Crippen LogP contribution < -0.4 is 10.1 Å². The van der Waals surface area contributed by atoms with Crippen LogP contribution in [0.25, 0.3) is 0 Å². The standard InChI is InChI=1S/C9H6FNO3/c10-6-1-5(3-12)2-7-9(6)14-4-8(13)11-7/h1-3H,4H2,(H,11,13). The molecule has 4 nitrogen and oxygen atoms in total. The summed E-state index contributed by atoms with van der Waals surface area (Å²) in [6, 6.07) is 2.42. The van der Waals surface area contributed by atoms with Gasteiger partial charge < -0.3 is 10.1 Å². The number of ether oxygens (including phenoxy) is 1. The molecule has 0 fully saturated rings. The van der Waals surface area contributed by atoms with E-state index in [1.807, 2.05) is 0 Å². The summed E-state index contributed by atoms with van der Waals surface area (Å²) in [6.45, 7) is -0.204. The van der Waals surface area contributed by atoms with Gasteiger partial charge in [-0.05, 0) is 12.1 Å². The first-order chi connectivity index (χ1) is 6.70. The smallest absolute Gasteiger partial charge is 0.262 e. The Labute approximate surface area is 78.7 Å². The highest BCUT2D eigenvalue weighted by atomic mass is 19.1. The van der Waals surface area contributed by atoms with Crippen molar-refractivity contribution in [2.75, 3.05) is 11.9 Å². The van der Waals surface area contributed by atoms with Crippen molar-refractivity contribution in [3.63, 3.8) is 0 Å². The number of anilines is 1. The Kier molecular flexibility index (Phi) is 1.92. The molecule has 0 aromatic heterocycles. The summed E-state index contributed by atoms with van der Waals surface area (Å²) in [7, 11) is 0. The van der Waals surface area contributed by atoms with Gasteiger partial charge in [-0.2, -0.15) is 0 Å². The average Bonchev–Trinajstić information content (AvgIpc) is 2.16. The molecule has 1 heterocycles. The van der Waals surface area contributed by atoms with Crippen LogP contribution in [0.15, 0.2) is 12.1 Å². The van der Waals surface area contributed by atoms with Crippen LogP contribution >= 0.6 is 0 Å². The number of hydrogen-bond donors (Lipinski definition) is 1. The number of carbonyl (C=O) groups is 2. The Morgan fingerprint density at radius 2 is 2.29 bits per heavy atom. The molecule has 0 spiro atoms. The molecule has 72 valence electrons. The van der Waals surface area contributed by atoms with E-state index in [4.69, 9.17) is 4.74 Å². The fourth-order valence-electron chi connectivity index (χ4n) is 1.25. The third-order valence-corrected chi connectivity index (χ3v) is 1.82. The number of nitrogens with one attached hydrogen (secondary N) is 1. The maximum absolute atomic E-state index is 13.2. The Morgan fingerprint density at radius 3 is 3.00 bits per heavy atom. The molecule has 5 heteroatoms. The van der Waals surface area contributed by atoms with Crippen molar-refractivity contribution in [3.8, 4) is 5.75 Å². The molecule has 1 aliphatic heterocycles. The van der Waals surface area contributed by atoms with Gasteiger partial charge in [0.25, 0.3) is 5.91 Å². The van der Waals surface area contributed by atoms with E-state index >= 15 is 0 Å². The molecule has 0 saturated heterocycles. The molecule has 0 atom stereocenters. The predicted octanol–water partition coefficient (Wildman–Crippen LogP) is 0.969. The molecule has 0 radical (unpaired) electrons. The van der Waals surface area contributed by atoms with Crippen LogP contribution in [0.5, 0.6) is 5.75 Å². The minimum atomic E-state index is -0.649. The second-order valence-corrected chi connectivity index (χ2v) is 2.83. The Balaban J connectivity index is 2.53. The molecule has 1 N–H and O–H groups in total. The van der Waals surface area contributed by atoms with E-state index in [0.29, 0.717) is 6.29 Å². The van der Waals surface area contributed by atoms with Crippen LogP contribution in [-0.2, 0) is 4.79 Å². The number of carbonyl (C=O) groups excluding carboxylic acids is 2. The number of fused-ring (bicyclic) bond motifs is 1. The summed E-state index contributed by atoms with van der Waals surface area (Å²) in [4.78, 5) is 21.3. The highest BCUT2D eigenvalue weighted by molar-refractivity contribution is 5.96. The summed E-state index contributed by atoms with van der Waals surface area (Å²) >= 11 is 0. The van der Waals surface area contributed by atoms with Gasteiger partial charge in [0.2, 0.25) is 0 Å². The first-order valence-electron chi connectivity index (χ1n) is 3.92. The molecule has 0 saturated carbocycles. The zero-order valence-corrected chi connectivity index (χ0v) is 7.04. The number of amides is 1. The van der Waals surface area contributed by atoms with E-state index in [1.165, 1.54) is 6.07 Å². The highest BCUT2D eigenvalue weighted by Gasteiger charge is 2.20. The van der Waals surface area contributed by atoms with Crippen LogP contribution in [-0.4, -0.2) is 18.8 Å². The molecule has 0 unspecified atom stereocenters. The fraction of sp³-hybridized carbons (Fsp3) is 0.111. The maximum Gasteiger partial charge on any atom is 0.262 e. The average molecular weight is 195 g/mol. The van der Waals surface area contributed by atoms with E-state index in [2.05, 4.69) is 5.32 Å². The van der Waals surface area contributed by atoms with E-state index in [1.54, 1.807) is 0 Å². The molecule has 14 heavy (non-hydrogen) atoms. The third kappa shape index (κ3) is 1.32. The Bertz CT molecular complexity index is 417. The molecule has 0 bridgehead atoms. The van der Waals surface area contributed by atoms with E-state index in [0.717, 1.165) is 6.07 Å². The topological polar surface area (TPSA) is 55.4 Å². The fourth-order valence-corrected chi connectivity index (χ4v) is 1.25. The Hall–Kier alpha value is -1.91. The van der Waals surface area contributed by atoms with E-state index < -0.39 is 5.82 Å². The Morgan fingerprint density at radius 1 is 1.50 bits per heavy atom. The summed E-state index contributed by atoms with van der Waals surface area (Å²) in [5.74, 6) is -1.03. The molecule has 1 aromatic carbocycles. The largest absolute Gasteiger partial charge is 0.478 e.